The number of nitrogens with zero attached hydrogens (tertiary/aromatic N) is 3. The SMILES string of the molecule is CC1(F)C(I)=C(c2ccc(-c3ncc(CCCCCCCCC4CCCC4)cn3)cc2)C=C[C@@H]1C#N. The molecule has 0 N–H and O–H groups in total. The smallest absolute Gasteiger partial charge is 0.159 e. The van der Waals surface area contributed by atoms with E-state index >= 15 is 4.39 Å². The zero-order chi connectivity index (χ0) is 25.4. The third kappa shape index (κ3) is 6.82. The molecule has 2 aliphatic rings. The fourth-order valence-corrected chi connectivity index (χ4v) is 6.26. The summed E-state index contributed by atoms with van der Waals surface area (Å²) in [4.78, 5) is 9.19. The molecule has 1 aromatic heterocycles. The first-order chi connectivity index (χ1) is 17.5. The summed E-state index contributed by atoms with van der Waals surface area (Å²) in [5.74, 6) is 0.980. The van der Waals surface area contributed by atoms with Crippen molar-refractivity contribution in [2.45, 2.75) is 89.6 Å². The second-order valence-corrected chi connectivity index (χ2v) is 11.7. The molecule has 1 saturated carbocycles. The van der Waals surface area contributed by atoms with Crippen LogP contribution in [0, 0.1) is 23.2 Å². The average molecular weight is 598 g/mol. The van der Waals surface area contributed by atoms with Gasteiger partial charge < -0.3 is 0 Å². The van der Waals surface area contributed by atoms with E-state index in [-0.39, 0.29) is 0 Å². The molecule has 0 aliphatic heterocycles. The third-order valence-corrected chi connectivity index (χ3v) is 9.44. The zero-order valence-corrected chi connectivity index (χ0v) is 23.5. The molecule has 1 unspecified atom stereocenters. The molecule has 1 heterocycles. The van der Waals surface area contributed by atoms with Crippen molar-refractivity contribution in [3.63, 3.8) is 0 Å². The van der Waals surface area contributed by atoms with Crippen LogP contribution in [0.2, 0.25) is 0 Å². The van der Waals surface area contributed by atoms with Crippen LogP contribution in [0.15, 0.2) is 52.4 Å². The van der Waals surface area contributed by atoms with Gasteiger partial charge in [-0.3, -0.25) is 0 Å². The van der Waals surface area contributed by atoms with Gasteiger partial charge in [0.2, 0.25) is 0 Å². The maximum absolute atomic E-state index is 15.1. The lowest BCUT2D eigenvalue weighted by Crippen LogP contribution is -2.30. The molecule has 2 aromatic rings. The van der Waals surface area contributed by atoms with Gasteiger partial charge in [0.25, 0.3) is 0 Å². The van der Waals surface area contributed by atoms with Crippen LogP contribution in [0.4, 0.5) is 4.39 Å². The zero-order valence-electron chi connectivity index (χ0n) is 21.4. The van der Waals surface area contributed by atoms with E-state index in [4.69, 9.17) is 0 Å². The maximum Gasteiger partial charge on any atom is 0.159 e. The van der Waals surface area contributed by atoms with E-state index in [1.807, 2.05) is 71.4 Å². The fourth-order valence-electron chi connectivity index (χ4n) is 5.43. The Morgan fingerprint density at radius 3 is 2.25 bits per heavy atom. The quantitative estimate of drug-likeness (QED) is 0.192. The van der Waals surface area contributed by atoms with E-state index in [0.29, 0.717) is 9.40 Å². The topological polar surface area (TPSA) is 49.6 Å². The molecule has 2 atom stereocenters. The molecule has 0 saturated heterocycles. The van der Waals surface area contributed by atoms with Crippen molar-refractivity contribution in [2.24, 2.45) is 11.8 Å². The average Bonchev–Trinajstić information content (AvgIpc) is 3.41. The lowest BCUT2D eigenvalue weighted by Gasteiger charge is -2.28. The minimum atomic E-state index is -1.67. The standard InChI is InChI=1S/C31H37FIN3/c1-31(32)27(20-34)18-19-28(29(31)33)25-14-16-26(17-15-25)30-35-21-24(22-36-30)13-7-5-3-2-4-6-10-23-11-8-9-12-23/h14-19,21-23,27H,2-13H2,1H3/t27-,31?/m1/s1. The molecule has 2 aliphatic carbocycles. The normalized spacial score (nSPS) is 22.2. The van der Waals surface area contributed by atoms with Gasteiger partial charge in [0, 0.05) is 21.5 Å². The highest BCUT2D eigenvalue weighted by Crippen LogP contribution is 2.44. The monoisotopic (exact) mass is 597 g/mol. The van der Waals surface area contributed by atoms with E-state index < -0.39 is 11.6 Å². The number of hydrogen-bond donors (Lipinski definition) is 0. The van der Waals surface area contributed by atoms with Gasteiger partial charge >= 0.3 is 0 Å². The molecule has 4 rings (SSSR count). The molecule has 5 heteroatoms. The summed E-state index contributed by atoms with van der Waals surface area (Å²) in [6.07, 6.45) is 23.8. The molecule has 1 aromatic carbocycles. The Kier molecular flexibility index (Phi) is 9.70. The van der Waals surface area contributed by atoms with Crippen molar-refractivity contribution in [1.29, 1.82) is 5.26 Å². The number of allylic oxidation sites excluding steroid dienone is 4. The Hall–Kier alpha value is -2.07. The minimum Gasteiger partial charge on any atom is -0.237 e. The Morgan fingerprint density at radius 1 is 0.972 bits per heavy atom. The summed E-state index contributed by atoms with van der Waals surface area (Å²) in [7, 11) is 0. The molecule has 0 amide bonds. The molecule has 3 nitrogen and oxygen atoms in total. The first kappa shape index (κ1) is 27.0. The number of benzene rings is 1. The van der Waals surface area contributed by atoms with Gasteiger partial charge in [-0.1, -0.05) is 101 Å². The number of nitriles is 1. The number of aromatic nitrogens is 2. The summed E-state index contributed by atoms with van der Waals surface area (Å²) in [5, 5.41) is 9.23. The highest BCUT2D eigenvalue weighted by Gasteiger charge is 2.39. The fraction of sp³-hybridized carbons (Fsp3) is 0.516. The van der Waals surface area contributed by atoms with Crippen LogP contribution < -0.4 is 0 Å². The summed E-state index contributed by atoms with van der Waals surface area (Å²) >= 11 is 2.03. The molecule has 0 radical (unpaired) electrons. The number of aryl methyl sites for hydroxylation is 1. The van der Waals surface area contributed by atoms with Crippen molar-refractivity contribution in [1.82, 2.24) is 9.97 Å². The Balaban J connectivity index is 1.22. The van der Waals surface area contributed by atoms with Crippen molar-refractivity contribution in [2.75, 3.05) is 0 Å². The maximum atomic E-state index is 15.1. The molecule has 190 valence electrons. The summed E-state index contributed by atoms with van der Waals surface area (Å²) in [6.45, 7) is 1.48. The van der Waals surface area contributed by atoms with Crippen LogP contribution in [-0.4, -0.2) is 15.6 Å². The number of halogens is 2. The second kappa shape index (κ2) is 12.9. The second-order valence-electron chi connectivity index (χ2n) is 10.6. The molecule has 36 heavy (non-hydrogen) atoms. The van der Waals surface area contributed by atoms with Gasteiger partial charge in [-0.2, -0.15) is 5.26 Å². The van der Waals surface area contributed by atoms with Crippen LogP contribution in [0.5, 0.6) is 0 Å². The number of alkyl halides is 1. The van der Waals surface area contributed by atoms with E-state index in [2.05, 4.69) is 9.97 Å². The lowest BCUT2D eigenvalue weighted by molar-refractivity contribution is 0.219. The Bertz CT molecular complexity index is 1090. The summed E-state index contributed by atoms with van der Waals surface area (Å²) in [5.41, 5.74) is 2.21. The van der Waals surface area contributed by atoms with Crippen molar-refractivity contribution < 1.29 is 4.39 Å². The first-order valence-corrected chi connectivity index (χ1v) is 14.7. The van der Waals surface area contributed by atoms with Gasteiger partial charge in [-0.25, -0.2) is 14.4 Å². The highest BCUT2D eigenvalue weighted by molar-refractivity contribution is 14.1. The summed E-state index contributed by atoms with van der Waals surface area (Å²) < 4.78 is 15.7. The molecule has 0 spiro atoms. The molecular weight excluding hydrogens is 560 g/mol. The van der Waals surface area contributed by atoms with E-state index in [9.17, 15) is 5.26 Å². The summed E-state index contributed by atoms with van der Waals surface area (Å²) in [6, 6.07) is 9.96. The van der Waals surface area contributed by atoms with Crippen LogP contribution in [-0.2, 0) is 6.42 Å². The van der Waals surface area contributed by atoms with Gasteiger partial charge in [0.05, 0.1) is 6.07 Å². The van der Waals surface area contributed by atoms with Gasteiger partial charge in [-0.15, -0.1) is 0 Å². The van der Waals surface area contributed by atoms with Crippen LogP contribution in [0.3, 0.4) is 0 Å². The molecule has 0 bridgehead atoms. The van der Waals surface area contributed by atoms with Crippen molar-refractivity contribution in [3.8, 4) is 17.5 Å². The molecule has 1 fully saturated rings. The minimum absolute atomic E-state index is 0.562. The van der Waals surface area contributed by atoms with Gasteiger partial charge in [-0.05, 0) is 65.0 Å². The third-order valence-electron chi connectivity index (χ3n) is 7.81. The van der Waals surface area contributed by atoms with E-state index in [0.717, 1.165) is 29.0 Å². The predicted molar refractivity (Wildman–Crippen MR) is 154 cm³/mol. The number of hydrogen-bond acceptors (Lipinski definition) is 3. The van der Waals surface area contributed by atoms with Crippen LogP contribution in [0.1, 0.15) is 88.7 Å². The number of rotatable bonds is 11. The lowest BCUT2D eigenvalue weighted by atomic mass is 9.83. The Morgan fingerprint density at radius 2 is 1.58 bits per heavy atom. The van der Waals surface area contributed by atoms with Crippen LogP contribution >= 0.6 is 22.6 Å². The van der Waals surface area contributed by atoms with Crippen molar-refractivity contribution >= 4 is 28.2 Å². The van der Waals surface area contributed by atoms with E-state index in [1.165, 1.54) is 83.1 Å². The number of unbranched alkanes of at least 4 members (excludes halogenated alkanes) is 5. The molecular formula is C31H37FIN3. The van der Waals surface area contributed by atoms with Crippen LogP contribution in [0.25, 0.3) is 17.0 Å². The van der Waals surface area contributed by atoms with Gasteiger partial charge in [0.1, 0.15) is 5.92 Å². The first-order valence-electron chi connectivity index (χ1n) is 13.6. The van der Waals surface area contributed by atoms with Crippen molar-refractivity contribution in [3.05, 3.63) is 63.5 Å². The Labute approximate surface area is 229 Å². The predicted octanol–water partition coefficient (Wildman–Crippen LogP) is 9.19. The largest absolute Gasteiger partial charge is 0.237 e. The van der Waals surface area contributed by atoms with Gasteiger partial charge in [0.15, 0.2) is 11.5 Å². The highest BCUT2D eigenvalue weighted by atomic mass is 127. The van der Waals surface area contributed by atoms with E-state index in [1.54, 1.807) is 6.08 Å².